The van der Waals surface area contributed by atoms with Crippen LogP contribution in [0, 0.1) is 5.82 Å². The number of para-hydroxylation sites is 1. The van der Waals surface area contributed by atoms with E-state index in [-0.39, 0.29) is 23.1 Å². The first-order chi connectivity index (χ1) is 13.9. The maximum atomic E-state index is 13.1. The number of anilines is 1. The van der Waals surface area contributed by atoms with E-state index >= 15 is 0 Å². The second kappa shape index (κ2) is 7.76. The van der Waals surface area contributed by atoms with Gasteiger partial charge in [-0.1, -0.05) is 30.3 Å². The molecule has 0 aliphatic carbocycles. The molecule has 0 fully saturated rings. The number of aromatic nitrogens is 2. The van der Waals surface area contributed by atoms with Gasteiger partial charge in [0.1, 0.15) is 12.4 Å². The van der Waals surface area contributed by atoms with Crippen LogP contribution in [0.25, 0.3) is 10.9 Å². The third-order valence-corrected chi connectivity index (χ3v) is 6.75. The number of benzene rings is 2. The van der Waals surface area contributed by atoms with E-state index < -0.39 is 15.7 Å². The highest BCUT2D eigenvalue weighted by Crippen LogP contribution is 2.28. The van der Waals surface area contributed by atoms with Crippen molar-refractivity contribution in [2.24, 2.45) is 0 Å². The Labute approximate surface area is 170 Å². The van der Waals surface area contributed by atoms with Crippen LogP contribution >= 0.6 is 11.3 Å². The number of nitrogens with zero attached hydrogens (tertiary/aromatic N) is 2. The smallest absolute Gasteiger partial charge is 0.246 e. The van der Waals surface area contributed by atoms with Crippen LogP contribution in [-0.2, 0) is 26.9 Å². The number of thiazole rings is 1. The molecule has 4 rings (SSSR count). The fourth-order valence-electron chi connectivity index (χ4n) is 3.07. The molecule has 1 N–H and O–H groups in total. The van der Waals surface area contributed by atoms with Crippen molar-refractivity contribution in [3.8, 4) is 0 Å². The van der Waals surface area contributed by atoms with Crippen LogP contribution in [0.5, 0.6) is 0 Å². The third kappa shape index (κ3) is 4.20. The van der Waals surface area contributed by atoms with Crippen molar-refractivity contribution in [3.05, 3.63) is 77.7 Å². The quantitative estimate of drug-likeness (QED) is 0.505. The molecule has 0 bridgehead atoms. The summed E-state index contributed by atoms with van der Waals surface area (Å²) in [6.45, 7) is -0.0494. The minimum atomic E-state index is -3.70. The van der Waals surface area contributed by atoms with Crippen LogP contribution in [0.2, 0.25) is 0 Å². The fraction of sp³-hybridized carbons (Fsp3) is 0.100. The Morgan fingerprint density at radius 1 is 1.14 bits per heavy atom. The van der Waals surface area contributed by atoms with Crippen molar-refractivity contribution in [1.29, 1.82) is 0 Å². The normalized spacial score (nSPS) is 11.6. The highest BCUT2D eigenvalue weighted by atomic mass is 32.2. The Balaban J connectivity index is 1.66. The van der Waals surface area contributed by atoms with Crippen LogP contribution in [-0.4, -0.2) is 23.9 Å². The van der Waals surface area contributed by atoms with E-state index in [1.165, 1.54) is 41.8 Å². The lowest BCUT2D eigenvalue weighted by Crippen LogP contribution is -2.18. The van der Waals surface area contributed by atoms with E-state index in [0.717, 1.165) is 0 Å². The molecule has 2 aromatic heterocycles. The van der Waals surface area contributed by atoms with Gasteiger partial charge in [0.25, 0.3) is 0 Å². The average molecular weight is 429 g/mol. The van der Waals surface area contributed by atoms with E-state index in [0.29, 0.717) is 21.6 Å². The standard InChI is InChI=1S/C20H16FN3O3S2/c21-15-7-5-14(6-8-15)13-29(26,27)18-11-24(17-4-2-1-3-16(17)18)12-19(25)23-20-22-9-10-28-20/h1-11H,12-13H2,(H,22,23,25). The largest absolute Gasteiger partial charge is 0.337 e. The molecular formula is C20H16FN3O3S2. The maximum absolute atomic E-state index is 13.1. The van der Waals surface area contributed by atoms with Gasteiger partial charge in [0.05, 0.1) is 10.6 Å². The van der Waals surface area contributed by atoms with E-state index in [1.807, 2.05) is 0 Å². The zero-order chi connectivity index (χ0) is 20.4. The molecule has 2 aromatic carbocycles. The molecule has 0 aliphatic heterocycles. The van der Waals surface area contributed by atoms with Crippen molar-refractivity contribution in [1.82, 2.24) is 9.55 Å². The monoisotopic (exact) mass is 429 g/mol. The van der Waals surface area contributed by atoms with E-state index in [9.17, 15) is 17.6 Å². The summed E-state index contributed by atoms with van der Waals surface area (Å²) >= 11 is 1.30. The zero-order valence-electron chi connectivity index (χ0n) is 15.1. The topological polar surface area (TPSA) is 81.1 Å². The van der Waals surface area contributed by atoms with E-state index in [2.05, 4.69) is 10.3 Å². The van der Waals surface area contributed by atoms with Gasteiger partial charge in [0.15, 0.2) is 15.0 Å². The van der Waals surface area contributed by atoms with Crippen LogP contribution < -0.4 is 5.32 Å². The summed E-state index contributed by atoms with van der Waals surface area (Å²) in [5.74, 6) is -0.982. The number of amides is 1. The molecule has 0 spiro atoms. The number of hydrogen-bond acceptors (Lipinski definition) is 5. The van der Waals surface area contributed by atoms with Crippen LogP contribution in [0.4, 0.5) is 9.52 Å². The Morgan fingerprint density at radius 3 is 2.62 bits per heavy atom. The number of carbonyl (C=O) groups excluding carboxylic acids is 1. The lowest BCUT2D eigenvalue weighted by molar-refractivity contribution is -0.116. The molecule has 0 unspecified atom stereocenters. The summed E-state index contributed by atoms with van der Waals surface area (Å²) in [5, 5.41) is 5.46. The Kier molecular flexibility index (Phi) is 5.16. The number of nitrogens with one attached hydrogen (secondary N) is 1. The number of sulfone groups is 1. The number of hydrogen-bond donors (Lipinski definition) is 1. The molecule has 9 heteroatoms. The average Bonchev–Trinajstić information content (AvgIpc) is 3.32. The lowest BCUT2D eigenvalue weighted by atomic mass is 10.2. The molecule has 0 saturated carbocycles. The zero-order valence-corrected chi connectivity index (χ0v) is 16.7. The predicted octanol–water partition coefficient (Wildman–Crippen LogP) is 3.85. The van der Waals surface area contributed by atoms with Crippen molar-refractivity contribution in [3.63, 3.8) is 0 Å². The Hall–Kier alpha value is -3.04. The summed E-state index contributed by atoms with van der Waals surface area (Å²) in [7, 11) is -3.70. The predicted molar refractivity (Wildman–Crippen MR) is 110 cm³/mol. The molecule has 4 aromatic rings. The number of rotatable bonds is 6. The molecule has 29 heavy (non-hydrogen) atoms. The van der Waals surface area contributed by atoms with Crippen molar-refractivity contribution >= 4 is 43.1 Å². The fourth-order valence-corrected chi connectivity index (χ4v) is 5.20. The van der Waals surface area contributed by atoms with Gasteiger partial charge in [-0.25, -0.2) is 17.8 Å². The second-order valence-electron chi connectivity index (χ2n) is 6.41. The SMILES string of the molecule is O=C(Cn1cc(S(=O)(=O)Cc2ccc(F)cc2)c2ccccc21)Nc1nccs1. The molecule has 6 nitrogen and oxygen atoms in total. The highest BCUT2D eigenvalue weighted by Gasteiger charge is 2.22. The molecule has 0 atom stereocenters. The van der Waals surface area contributed by atoms with Gasteiger partial charge in [-0.2, -0.15) is 0 Å². The van der Waals surface area contributed by atoms with Gasteiger partial charge < -0.3 is 9.88 Å². The minimum Gasteiger partial charge on any atom is -0.337 e. The van der Waals surface area contributed by atoms with Gasteiger partial charge in [-0.05, 0) is 23.8 Å². The van der Waals surface area contributed by atoms with Crippen molar-refractivity contribution in [2.45, 2.75) is 17.2 Å². The second-order valence-corrected chi connectivity index (χ2v) is 9.26. The Morgan fingerprint density at radius 2 is 1.90 bits per heavy atom. The Bertz CT molecular complexity index is 1260. The van der Waals surface area contributed by atoms with Crippen molar-refractivity contribution in [2.75, 3.05) is 5.32 Å². The molecule has 0 saturated heterocycles. The first-order valence-corrected chi connectivity index (χ1v) is 11.2. The summed E-state index contributed by atoms with van der Waals surface area (Å²) in [6, 6.07) is 12.4. The molecule has 0 aliphatic rings. The molecule has 2 heterocycles. The third-order valence-electron chi connectivity index (χ3n) is 4.35. The van der Waals surface area contributed by atoms with Gasteiger partial charge in [0.2, 0.25) is 5.91 Å². The van der Waals surface area contributed by atoms with E-state index in [1.54, 1.807) is 40.4 Å². The minimum absolute atomic E-state index is 0.0494. The summed E-state index contributed by atoms with van der Waals surface area (Å²) in [4.78, 5) is 16.5. The van der Waals surface area contributed by atoms with Crippen molar-refractivity contribution < 1.29 is 17.6 Å². The van der Waals surface area contributed by atoms with Gasteiger partial charge in [0, 0.05) is 28.7 Å². The van der Waals surface area contributed by atoms with Gasteiger partial charge in [-0.15, -0.1) is 11.3 Å². The molecule has 0 radical (unpaired) electrons. The summed E-state index contributed by atoms with van der Waals surface area (Å²) in [6.07, 6.45) is 3.07. The molecular weight excluding hydrogens is 413 g/mol. The number of halogens is 1. The summed E-state index contributed by atoms with van der Waals surface area (Å²) < 4.78 is 40.8. The number of fused-ring (bicyclic) bond motifs is 1. The highest BCUT2D eigenvalue weighted by molar-refractivity contribution is 7.90. The van der Waals surface area contributed by atoms with Crippen LogP contribution in [0.15, 0.2) is 71.2 Å². The first kappa shape index (κ1) is 19.3. The van der Waals surface area contributed by atoms with E-state index in [4.69, 9.17) is 0 Å². The molecule has 148 valence electrons. The van der Waals surface area contributed by atoms with Crippen LogP contribution in [0.1, 0.15) is 5.56 Å². The first-order valence-electron chi connectivity index (χ1n) is 8.67. The maximum Gasteiger partial charge on any atom is 0.246 e. The summed E-state index contributed by atoms with van der Waals surface area (Å²) in [5.41, 5.74) is 1.13. The molecule has 1 amide bonds. The number of carbonyl (C=O) groups is 1. The van der Waals surface area contributed by atoms with Gasteiger partial charge >= 0.3 is 0 Å². The van der Waals surface area contributed by atoms with Crippen LogP contribution in [0.3, 0.4) is 0 Å². The van der Waals surface area contributed by atoms with Gasteiger partial charge in [-0.3, -0.25) is 4.79 Å². The lowest BCUT2D eigenvalue weighted by Gasteiger charge is -2.05.